The number of sulfone groups is 1. The molecule has 0 saturated heterocycles. The first-order chi connectivity index (χ1) is 10.1. The Hall–Kier alpha value is -0.880. The number of nitrogens with one attached hydrogen (secondary N) is 1. The largest absolute Gasteiger partial charge is 0.310 e. The molecule has 1 aromatic carbocycles. The Morgan fingerprint density at radius 3 is 2.81 bits per heavy atom. The van der Waals surface area contributed by atoms with E-state index in [0.717, 1.165) is 22.9 Å². The maximum atomic E-state index is 12.1. The van der Waals surface area contributed by atoms with Crippen LogP contribution in [0.25, 0.3) is 0 Å². The van der Waals surface area contributed by atoms with Crippen molar-refractivity contribution in [2.45, 2.75) is 23.8 Å². The minimum absolute atomic E-state index is 0.111. The summed E-state index contributed by atoms with van der Waals surface area (Å²) in [5, 5.41) is 3.47. The first-order valence-electron chi connectivity index (χ1n) is 6.85. The van der Waals surface area contributed by atoms with Crippen LogP contribution in [-0.4, -0.2) is 20.7 Å². The van der Waals surface area contributed by atoms with Gasteiger partial charge >= 0.3 is 0 Å². The monoisotopic (exact) mass is 341 g/mol. The summed E-state index contributed by atoms with van der Waals surface area (Å²) in [4.78, 5) is 1.72. The van der Waals surface area contributed by atoms with Crippen molar-refractivity contribution in [2.75, 3.05) is 12.3 Å². The summed E-state index contributed by atoms with van der Waals surface area (Å²) in [6.45, 7) is 0.815. The van der Waals surface area contributed by atoms with Gasteiger partial charge in [0.2, 0.25) is 0 Å². The van der Waals surface area contributed by atoms with Crippen LogP contribution in [0.5, 0.6) is 0 Å². The van der Waals surface area contributed by atoms with Gasteiger partial charge in [-0.3, -0.25) is 0 Å². The highest BCUT2D eigenvalue weighted by molar-refractivity contribution is 7.91. The van der Waals surface area contributed by atoms with Gasteiger partial charge in [-0.2, -0.15) is 0 Å². The van der Waals surface area contributed by atoms with Crippen molar-refractivity contribution >= 4 is 32.8 Å². The molecule has 2 aromatic rings. The van der Waals surface area contributed by atoms with Gasteiger partial charge in [-0.1, -0.05) is 29.8 Å². The zero-order valence-electron chi connectivity index (χ0n) is 11.4. The average Bonchev–Trinajstić information content (AvgIpc) is 2.87. The molecule has 1 unspecified atom stereocenters. The van der Waals surface area contributed by atoms with Crippen molar-refractivity contribution in [3.8, 4) is 0 Å². The molecule has 1 N–H and O–H groups in total. The highest BCUT2D eigenvalue weighted by atomic mass is 35.5. The third-order valence-electron chi connectivity index (χ3n) is 3.70. The van der Waals surface area contributed by atoms with Gasteiger partial charge in [0, 0.05) is 17.5 Å². The summed E-state index contributed by atoms with van der Waals surface area (Å²) in [6, 6.07) is 11.3. The van der Waals surface area contributed by atoms with Gasteiger partial charge in [0.1, 0.15) is 0 Å². The minimum Gasteiger partial charge on any atom is -0.310 e. The van der Waals surface area contributed by atoms with Crippen molar-refractivity contribution in [1.82, 2.24) is 5.32 Å². The standard InChI is InChI=1S/C15H16ClNO2S2/c16-15-6-5-11(20-15)7-9-17-13-8-10-21(18,19)14-4-2-1-3-12(13)14/h1-6,13,17H,7-10H2. The molecule has 1 atom stereocenters. The van der Waals surface area contributed by atoms with E-state index in [-0.39, 0.29) is 11.8 Å². The van der Waals surface area contributed by atoms with Gasteiger partial charge in [-0.15, -0.1) is 11.3 Å². The lowest BCUT2D eigenvalue weighted by molar-refractivity contribution is 0.495. The smallest absolute Gasteiger partial charge is 0.178 e. The summed E-state index contributed by atoms with van der Waals surface area (Å²) in [5.41, 5.74) is 0.896. The number of rotatable bonds is 4. The van der Waals surface area contributed by atoms with Gasteiger partial charge < -0.3 is 5.32 Å². The van der Waals surface area contributed by atoms with E-state index in [0.29, 0.717) is 11.3 Å². The van der Waals surface area contributed by atoms with Gasteiger partial charge in [-0.05, 0) is 36.6 Å². The molecule has 1 aliphatic heterocycles. The highest BCUT2D eigenvalue weighted by Crippen LogP contribution is 2.31. The van der Waals surface area contributed by atoms with E-state index in [9.17, 15) is 8.42 Å². The second kappa shape index (κ2) is 6.08. The number of benzene rings is 1. The number of halogens is 1. The van der Waals surface area contributed by atoms with E-state index in [2.05, 4.69) is 5.32 Å². The SMILES string of the molecule is O=S1(=O)CCC(NCCc2ccc(Cl)s2)c2ccccc21. The fraction of sp³-hybridized carbons (Fsp3) is 0.333. The van der Waals surface area contributed by atoms with E-state index >= 15 is 0 Å². The Bertz CT molecular complexity index is 740. The molecule has 3 rings (SSSR count). The zero-order valence-corrected chi connectivity index (χ0v) is 13.8. The van der Waals surface area contributed by atoms with Crippen molar-refractivity contribution in [2.24, 2.45) is 0 Å². The maximum absolute atomic E-state index is 12.1. The third-order valence-corrected chi connectivity index (χ3v) is 6.80. The molecule has 0 bridgehead atoms. The van der Waals surface area contributed by atoms with Crippen LogP contribution in [-0.2, 0) is 16.3 Å². The molecule has 0 amide bonds. The van der Waals surface area contributed by atoms with E-state index in [1.165, 1.54) is 4.88 Å². The topological polar surface area (TPSA) is 46.2 Å². The second-order valence-corrected chi connectivity index (χ2v) is 8.99. The van der Waals surface area contributed by atoms with E-state index < -0.39 is 9.84 Å². The normalized spacial score (nSPS) is 20.1. The fourth-order valence-electron chi connectivity index (χ4n) is 2.66. The fourth-order valence-corrected chi connectivity index (χ4v) is 5.37. The summed E-state index contributed by atoms with van der Waals surface area (Å²) in [6.07, 6.45) is 1.54. The van der Waals surface area contributed by atoms with Crippen molar-refractivity contribution in [3.63, 3.8) is 0 Å². The zero-order chi connectivity index (χ0) is 14.9. The van der Waals surface area contributed by atoms with Crippen LogP contribution in [0.15, 0.2) is 41.3 Å². The molecule has 21 heavy (non-hydrogen) atoms. The molecule has 0 saturated carbocycles. The average molecular weight is 342 g/mol. The molecule has 0 radical (unpaired) electrons. The van der Waals surface area contributed by atoms with Crippen LogP contribution in [0.3, 0.4) is 0 Å². The molecule has 2 heterocycles. The lowest BCUT2D eigenvalue weighted by atomic mass is 10.0. The second-order valence-electron chi connectivity index (χ2n) is 5.11. The molecule has 1 aliphatic rings. The Kier molecular flexibility index (Phi) is 4.36. The molecule has 0 aliphatic carbocycles. The van der Waals surface area contributed by atoms with Crippen LogP contribution in [0, 0.1) is 0 Å². The van der Waals surface area contributed by atoms with E-state index in [4.69, 9.17) is 11.6 Å². The highest BCUT2D eigenvalue weighted by Gasteiger charge is 2.29. The first-order valence-corrected chi connectivity index (χ1v) is 9.70. The van der Waals surface area contributed by atoms with Crippen LogP contribution in [0.4, 0.5) is 0 Å². The Morgan fingerprint density at radius 2 is 2.05 bits per heavy atom. The Balaban J connectivity index is 1.69. The number of hydrogen-bond acceptors (Lipinski definition) is 4. The lowest BCUT2D eigenvalue weighted by Gasteiger charge is -2.26. The Morgan fingerprint density at radius 1 is 1.24 bits per heavy atom. The Labute approximate surface area is 133 Å². The molecule has 112 valence electrons. The minimum atomic E-state index is -3.10. The quantitative estimate of drug-likeness (QED) is 0.926. The lowest BCUT2D eigenvalue weighted by Crippen LogP contribution is -2.30. The third kappa shape index (κ3) is 3.31. The van der Waals surface area contributed by atoms with Gasteiger partial charge in [-0.25, -0.2) is 8.42 Å². The number of hydrogen-bond donors (Lipinski definition) is 1. The summed E-state index contributed by atoms with van der Waals surface area (Å²) >= 11 is 7.51. The maximum Gasteiger partial charge on any atom is 0.178 e. The molecular formula is C15H16ClNO2S2. The van der Waals surface area contributed by atoms with Gasteiger partial charge in [0.05, 0.1) is 15.0 Å². The van der Waals surface area contributed by atoms with E-state index in [1.807, 2.05) is 24.3 Å². The molecule has 0 fully saturated rings. The van der Waals surface area contributed by atoms with Crippen LogP contribution < -0.4 is 5.32 Å². The van der Waals surface area contributed by atoms with Gasteiger partial charge in [0.15, 0.2) is 9.84 Å². The summed E-state index contributed by atoms with van der Waals surface area (Å²) < 4.78 is 25.0. The van der Waals surface area contributed by atoms with Crippen molar-refractivity contribution in [3.05, 3.63) is 51.2 Å². The number of fused-ring (bicyclic) bond motifs is 1. The van der Waals surface area contributed by atoms with Crippen LogP contribution in [0.2, 0.25) is 4.34 Å². The molecule has 3 nitrogen and oxygen atoms in total. The molecule has 0 spiro atoms. The summed E-state index contributed by atoms with van der Waals surface area (Å²) in [7, 11) is -3.10. The summed E-state index contributed by atoms with van der Waals surface area (Å²) in [5.74, 6) is 0.215. The number of thiophene rings is 1. The van der Waals surface area contributed by atoms with Crippen LogP contribution >= 0.6 is 22.9 Å². The predicted molar refractivity (Wildman–Crippen MR) is 86.9 cm³/mol. The molecule has 1 aromatic heterocycles. The van der Waals surface area contributed by atoms with Crippen LogP contribution in [0.1, 0.15) is 22.9 Å². The molecule has 6 heteroatoms. The predicted octanol–water partition coefficient (Wildman–Crippen LogP) is 3.45. The van der Waals surface area contributed by atoms with Crippen molar-refractivity contribution in [1.29, 1.82) is 0 Å². The molecular weight excluding hydrogens is 326 g/mol. The van der Waals surface area contributed by atoms with Gasteiger partial charge in [0.25, 0.3) is 0 Å². The first kappa shape index (κ1) is 15.0. The van der Waals surface area contributed by atoms with Crippen molar-refractivity contribution < 1.29 is 8.42 Å². The van der Waals surface area contributed by atoms with E-state index in [1.54, 1.807) is 23.5 Å².